The molecule has 0 radical (unpaired) electrons. The first-order chi connectivity index (χ1) is 7.71. The molecular formula is C14H22O2. The Balaban J connectivity index is 2.65. The van der Waals surface area contributed by atoms with Crippen LogP contribution in [0, 0.1) is 17.3 Å². The minimum Gasteiger partial charge on any atom is -0.481 e. The highest BCUT2D eigenvalue weighted by Crippen LogP contribution is 2.38. The highest BCUT2D eigenvalue weighted by molar-refractivity contribution is 5.74. The second kappa shape index (κ2) is 6.58. The van der Waals surface area contributed by atoms with Crippen LogP contribution in [0.25, 0.3) is 0 Å². The molecule has 0 unspecified atom stereocenters. The van der Waals surface area contributed by atoms with Crippen molar-refractivity contribution in [1.29, 1.82) is 0 Å². The van der Waals surface area contributed by atoms with Gasteiger partial charge in [0.25, 0.3) is 0 Å². The molecule has 2 nitrogen and oxygen atoms in total. The van der Waals surface area contributed by atoms with Gasteiger partial charge in [-0.25, -0.2) is 0 Å². The fraction of sp³-hybridized carbons (Fsp3) is 0.786. The van der Waals surface area contributed by atoms with E-state index in [4.69, 9.17) is 0 Å². The highest BCUT2D eigenvalue weighted by atomic mass is 16.4. The number of carbonyl (C=O) groups is 1. The van der Waals surface area contributed by atoms with Gasteiger partial charge in [-0.2, -0.15) is 0 Å². The van der Waals surface area contributed by atoms with Gasteiger partial charge in [-0.15, -0.1) is 11.8 Å². The first-order valence-electron chi connectivity index (χ1n) is 6.34. The Morgan fingerprint density at radius 3 is 2.25 bits per heavy atom. The largest absolute Gasteiger partial charge is 0.481 e. The molecule has 0 heterocycles. The maximum absolute atomic E-state index is 11.5. The lowest BCUT2D eigenvalue weighted by Crippen LogP contribution is -2.31. The van der Waals surface area contributed by atoms with Gasteiger partial charge in [-0.05, 0) is 26.2 Å². The number of rotatable bonds is 3. The van der Waals surface area contributed by atoms with Crippen molar-refractivity contribution < 1.29 is 9.90 Å². The van der Waals surface area contributed by atoms with Gasteiger partial charge in [0.1, 0.15) is 0 Å². The maximum atomic E-state index is 11.5. The van der Waals surface area contributed by atoms with Crippen molar-refractivity contribution in [2.75, 3.05) is 0 Å². The van der Waals surface area contributed by atoms with Crippen LogP contribution in [0.2, 0.25) is 0 Å². The van der Waals surface area contributed by atoms with Crippen LogP contribution in [0.4, 0.5) is 0 Å². The predicted octanol–water partition coefficient (Wildman–Crippen LogP) is 3.61. The number of carboxylic acids is 1. The number of hydrogen-bond donors (Lipinski definition) is 1. The van der Waals surface area contributed by atoms with E-state index in [1.807, 2.05) is 6.92 Å². The molecule has 1 aliphatic rings. The third kappa shape index (κ3) is 3.56. The standard InChI is InChI=1S/C14H22O2/c1-2-3-7-10-14(13(15)16)11-8-5-4-6-9-12-14/h4-12H2,1H3,(H,15,16). The molecule has 0 bridgehead atoms. The van der Waals surface area contributed by atoms with Gasteiger partial charge in [-0.1, -0.05) is 32.1 Å². The molecule has 0 aromatic rings. The molecule has 1 aliphatic carbocycles. The minimum atomic E-state index is -0.604. The average Bonchev–Trinajstić information content (AvgIpc) is 2.21. The van der Waals surface area contributed by atoms with Crippen LogP contribution in [0.15, 0.2) is 0 Å². The predicted molar refractivity (Wildman–Crippen MR) is 65.1 cm³/mol. The normalized spacial score (nSPS) is 20.1. The van der Waals surface area contributed by atoms with E-state index in [2.05, 4.69) is 11.8 Å². The monoisotopic (exact) mass is 222 g/mol. The van der Waals surface area contributed by atoms with Gasteiger partial charge in [0.05, 0.1) is 5.41 Å². The Morgan fingerprint density at radius 1 is 1.19 bits per heavy atom. The summed E-state index contributed by atoms with van der Waals surface area (Å²) in [4.78, 5) is 11.5. The molecule has 16 heavy (non-hydrogen) atoms. The molecular weight excluding hydrogens is 200 g/mol. The van der Waals surface area contributed by atoms with Crippen molar-refractivity contribution in [3.63, 3.8) is 0 Å². The molecule has 1 fully saturated rings. The zero-order valence-corrected chi connectivity index (χ0v) is 10.2. The van der Waals surface area contributed by atoms with E-state index in [9.17, 15) is 9.90 Å². The van der Waals surface area contributed by atoms with E-state index in [1.54, 1.807) is 0 Å². The number of hydrogen-bond acceptors (Lipinski definition) is 1. The number of aliphatic carboxylic acids is 1. The molecule has 0 aromatic carbocycles. The Kier molecular flexibility index (Phi) is 5.38. The maximum Gasteiger partial charge on any atom is 0.309 e. The van der Waals surface area contributed by atoms with Crippen LogP contribution in [0.3, 0.4) is 0 Å². The summed E-state index contributed by atoms with van der Waals surface area (Å²) in [6.45, 7) is 1.81. The van der Waals surface area contributed by atoms with E-state index in [0.717, 1.165) is 38.5 Å². The molecule has 1 N–H and O–H groups in total. The summed E-state index contributed by atoms with van der Waals surface area (Å²) in [5, 5.41) is 9.46. The lowest BCUT2D eigenvalue weighted by molar-refractivity contribution is -0.150. The molecule has 2 heteroatoms. The van der Waals surface area contributed by atoms with E-state index in [-0.39, 0.29) is 0 Å². The fourth-order valence-electron chi connectivity index (χ4n) is 2.58. The van der Waals surface area contributed by atoms with E-state index in [1.165, 1.54) is 19.3 Å². The summed E-state index contributed by atoms with van der Waals surface area (Å²) >= 11 is 0. The van der Waals surface area contributed by atoms with E-state index in [0.29, 0.717) is 0 Å². The van der Waals surface area contributed by atoms with Gasteiger partial charge in [0.15, 0.2) is 0 Å². The molecule has 0 amide bonds. The smallest absolute Gasteiger partial charge is 0.309 e. The van der Waals surface area contributed by atoms with Crippen LogP contribution in [-0.2, 0) is 4.79 Å². The highest BCUT2D eigenvalue weighted by Gasteiger charge is 2.37. The van der Waals surface area contributed by atoms with Crippen LogP contribution in [0.1, 0.15) is 64.7 Å². The Labute approximate surface area is 98.4 Å². The lowest BCUT2D eigenvalue weighted by atomic mass is 9.73. The van der Waals surface area contributed by atoms with Gasteiger partial charge >= 0.3 is 5.97 Å². The third-order valence-corrected chi connectivity index (χ3v) is 3.67. The molecule has 0 saturated heterocycles. The average molecular weight is 222 g/mol. The van der Waals surface area contributed by atoms with Crippen molar-refractivity contribution in [3.8, 4) is 11.8 Å². The molecule has 1 saturated carbocycles. The Morgan fingerprint density at radius 2 is 1.75 bits per heavy atom. The Hall–Kier alpha value is -0.970. The summed E-state index contributed by atoms with van der Waals surface area (Å²) in [7, 11) is 0. The second-order valence-electron chi connectivity index (χ2n) is 4.78. The molecule has 1 rings (SSSR count). The van der Waals surface area contributed by atoms with E-state index < -0.39 is 11.4 Å². The van der Waals surface area contributed by atoms with Crippen molar-refractivity contribution in [1.82, 2.24) is 0 Å². The summed E-state index contributed by atoms with van der Waals surface area (Å²) in [5.74, 6) is 5.24. The van der Waals surface area contributed by atoms with Crippen LogP contribution >= 0.6 is 0 Å². The molecule has 0 aliphatic heterocycles. The number of carboxylic acid groups (broad SMARTS) is 1. The second-order valence-corrected chi connectivity index (χ2v) is 4.78. The van der Waals surface area contributed by atoms with Crippen molar-refractivity contribution in [3.05, 3.63) is 0 Å². The third-order valence-electron chi connectivity index (χ3n) is 3.67. The quantitative estimate of drug-likeness (QED) is 0.741. The fourth-order valence-corrected chi connectivity index (χ4v) is 2.58. The summed E-state index contributed by atoms with van der Waals surface area (Å²) in [6, 6.07) is 0. The van der Waals surface area contributed by atoms with Crippen molar-refractivity contribution in [2.24, 2.45) is 5.41 Å². The SMILES string of the molecule is CC#CCCC1(C(=O)O)CCCCCCC1. The zero-order valence-electron chi connectivity index (χ0n) is 10.2. The van der Waals surface area contributed by atoms with E-state index >= 15 is 0 Å². The Bertz CT molecular complexity index is 275. The van der Waals surface area contributed by atoms with Crippen LogP contribution in [0.5, 0.6) is 0 Å². The first-order valence-corrected chi connectivity index (χ1v) is 6.34. The summed E-state index contributed by atoms with van der Waals surface area (Å²) in [6.07, 6.45) is 8.90. The summed E-state index contributed by atoms with van der Waals surface area (Å²) < 4.78 is 0. The van der Waals surface area contributed by atoms with Gasteiger partial charge < -0.3 is 5.11 Å². The topological polar surface area (TPSA) is 37.3 Å². The molecule has 0 aromatic heterocycles. The van der Waals surface area contributed by atoms with Gasteiger partial charge in [0.2, 0.25) is 0 Å². The van der Waals surface area contributed by atoms with Gasteiger partial charge in [0, 0.05) is 6.42 Å². The lowest BCUT2D eigenvalue weighted by Gasteiger charge is -2.30. The van der Waals surface area contributed by atoms with Crippen molar-refractivity contribution in [2.45, 2.75) is 64.7 Å². The first kappa shape index (κ1) is 13.1. The van der Waals surface area contributed by atoms with Crippen LogP contribution in [-0.4, -0.2) is 11.1 Å². The minimum absolute atomic E-state index is 0.482. The molecule has 90 valence electrons. The molecule has 0 atom stereocenters. The van der Waals surface area contributed by atoms with Gasteiger partial charge in [-0.3, -0.25) is 4.79 Å². The van der Waals surface area contributed by atoms with Crippen molar-refractivity contribution >= 4 is 5.97 Å². The van der Waals surface area contributed by atoms with Crippen LogP contribution < -0.4 is 0 Å². The summed E-state index contributed by atoms with van der Waals surface area (Å²) in [5.41, 5.74) is -0.482. The molecule has 0 spiro atoms. The zero-order chi connectivity index (χ0) is 11.9.